The molecule has 2 N–H and O–H groups in total. The number of phenols is 1. The van der Waals surface area contributed by atoms with Gasteiger partial charge in [0.2, 0.25) is 0 Å². The summed E-state index contributed by atoms with van der Waals surface area (Å²) in [6, 6.07) is 3.82. The van der Waals surface area contributed by atoms with Crippen LogP contribution < -0.4 is 0 Å². The van der Waals surface area contributed by atoms with Crippen molar-refractivity contribution in [3.05, 3.63) is 62.7 Å². The number of phenolic OH excluding ortho intramolecular Hbond substituents is 1. The first-order chi connectivity index (χ1) is 11.2. The van der Waals surface area contributed by atoms with Crippen molar-refractivity contribution in [1.82, 2.24) is 0 Å². The molecule has 1 rings (SSSR count). The van der Waals surface area contributed by atoms with Crippen LogP contribution in [0.25, 0.3) is 0 Å². The maximum Gasteiger partial charge on any atom is 0.122 e. The van der Waals surface area contributed by atoms with Crippen molar-refractivity contribution in [1.29, 1.82) is 0 Å². The minimum Gasteiger partial charge on any atom is -0.507 e. The van der Waals surface area contributed by atoms with Crippen molar-refractivity contribution >= 4 is 15.9 Å². The zero-order valence-electron chi connectivity index (χ0n) is 15.4. The van der Waals surface area contributed by atoms with Gasteiger partial charge in [0.25, 0.3) is 0 Å². The van der Waals surface area contributed by atoms with Gasteiger partial charge >= 0.3 is 0 Å². The van der Waals surface area contributed by atoms with Crippen molar-refractivity contribution in [3.8, 4) is 5.75 Å². The third-order valence-corrected chi connectivity index (χ3v) is 4.33. The zero-order valence-corrected chi connectivity index (χ0v) is 16.9. The van der Waals surface area contributed by atoms with Crippen molar-refractivity contribution < 1.29 is 10.2 Å². The average molecular weight is 393 g/mol. The Kier molecular flexibility index (Phi) is 8.51. The second kappa shape index (κ2) is 9.85. The number of hydrogen-bond donors (Lipinski definition) is 2. The van der Waals surface area contributed by atoms with Crippen LogP contribution in [0.15, 0.2) is 51.6 Å². The van der Waals surface area contributed by atoms with Crippen LogP contribution in [-0.4, -0.2) is 16.3 Å². The van der Waals surface area contributed by atoms with Gasteiger partial charge in [-0.15, -0.1) is 0 Å². The van der Waals surface area contributed by atoms with Gasteiger partial charge in [0.05, 0.1) is 6.10 Å². The second-order valence-corrected chi connectivity index (χ2v) is 7.66. The van der Waals surface area contributed by atoms with Gasteiger partial charge in [-0.1, -0.05) is 45.3 Å². The molecule has 1 atom stereocenters. The molecule has 0 aliphatic carbocycles. The number of aliphatic hydroxyl groups is 1. The summed E-state index contributed by atoms with van der Waals surface area (Å²) in [6.07, 6.45) is 7.58. The average Bonchev–Trinajstić information content (AvgIpc) is 2.48. The Morgan fingerprint density at radius 1 is 1.00 bits per heavy atom. The van der Waals surface area contributed by atoms with Crippen molar-refractivity contribution in [2.45, 2.75) is 60.0 Å². The van der Waals surface area contributed by atoms with Crippen LogP contribution in [0.2, 0.25) is 0 Å². The molecular weight excluding hydrogens is 364 g/mol. The summed E-state index contributed by atoms with van der Waals surface area (Å²) in [5.41, 5.74) is 5.05. The monoisotopic (exact) mass is 392 g/mol. The fraction of sp³-hybridized carbons (Fsp3) is 0.429. The fourth-order valence-electron chi connectivity index (χ4n) is 2.33. The molecule has 0 bridgehead atoms. The second-order valence-electron chi connectivity index (χ2n) is 6.74. The maximum atomic E-state index is 10.5. The Bertz CT molecular complexity index is 646. The molecule has 1 aromatic rings. The molecule has 0 aromatic heterocycles. The Hall–Kier alpha value is -1.32. The normalized spacial score (nSPS) is 12.7. The van der Waals surface area contributed by atoms with E-state index < -0.39 is 6.10 Å². The van der Waals surface area contributed by atoms with E-state index in [2.05, 4.69) is 41.9 Å². The first-order valence-corrected chi connectivity index (χ1v) is 9.11. The maximum absolute atomic E-state index is 10.5. The van der Waals surface area contributed by atoms with Gasteiger partial charge in [0.1, 0.15) is 5.75 Å². The summed E-state index contributed by atoms with van der Waals surface area (Å²) in [4.78, 5) is 0. The summed E-state index contributed by atoms with van der Waals surface area (Å²) in [6.45, 7) is 10.1. The smallest absolute Gasteiger partial charge is 0.122 e. The fourth-order valence-corrected chi connectivity index (χ4v) is 2.88. The van der Waals surface area contributed by atoms with E-state index in [0.29, 0.717) is 12.8 Å². The summed E-state index contributed by atoms with van der Waals surface area (Å²) < 4.78 is 0.922. The molecule has 0 spiro atoms. The predicted octanol–water partition coefficient (Wildman–Crippen LogP) is 5.87. The van der Waals surface area contributed by atoms with Gasteiger partial charge in [0, 0.05) is 10.9 Å². The minimum atomic E-state index is -0.591. The highest BCUT2D eigenvalue weighted by atomic mass is 79.9. The molecule has 0 saturated carbocycles. The van der Waals surface area contributed by atoms with Crippen molar-refractivity contribution in [2.24, 2.45) is 0 Å². The van der Waals surface area contributed by atoms with Gasteiger partial charge in [-0.25, -0.2) is 0 Å². The first-order valence-electron chi connectivity index (χ1n) is 8.32. The highest BCUT2D eigenvalue weighted by Crippen LogP contribution is 2.30. The molecule has 0 fully saturated rings. The molecule has 0 heterocycles. The molecule has 0 radical (unpaired) electrons. The molecule has 1 unspecified atom stereocenters. The highest BCUT2D eigenvalue weighted by Gasteiger charge is 2.14. The van der Waals surface area contributed by atoms with Crippen LogP contribution in [-0.2, 0) is 12.8 Å². The van der Waals surface area contributed by atoms with E-state index in [4.69, 9.17) is 0 Å². The Labute approximate surface area is 154 Å². The summed E-state index contributed by atoms with van der Waals surface area (Å²) in [5, 5.41) is 20.9. The number of allylic oxidation sites excluding steroid dienone is 5. The van der Waals surface area contributed by atoms with Gasteiger partial charge in [-0.3, -0.25) is 0 Å². The van der Waals surface area contributed by atoms with Crippen LogP contribution in [0.4, 0.5) is 0 Å². The molecule has 24 heavy (non-hydrogen) atoms. The standard InChI is InChI=1S/C21H29BrO2/c1-14(2)7-6-8-16(5)20(23)13-18-12-19(22)11-17(21(18)24)10-9-15(3)4/h7-9,11-12,20,23-24H,6,10,13H2,1-5H3/b16-8+. The Balaban J connectivity index is 2.94. The lowest BCUT2D eigenvalue weighted by molar-refractivity contribution is 0.209. The largest absolute Gasteiger partial charge is 0.507 e. The van der Waals surface area contributed by atoms with Gasteiger partial charge in [0.15, 0.2) is 0 Å². The van der Waals surface area contributed by atoms with Gasteiger partial charge < -0.3 is 10.2 Å². The first kappa shape index (κ1) is 20.7. The number of benzene rings is 1. The SMILES string of the molecule is CC(C)=CC/C=C(\C)C(O)Cc1cc(Br)cc(CC=C(C)C)c1O. The molecular formula is C21H29BrO2. The number of halogens is 1. The topological polar surface area (TPSA) is 40.5 Å². The van der Waals surface area contributed by atoms with E-state index in [1.165, 1.54) is 11.1 Å². The summed E-state index contributed by atoms with van der Waals surface area (Å²) in [5.74, 6) is 0.284. The lowest BCUT2D eigenvalue weighted by Crippen LogP contribution is -2.12. The van der Waals surface area contributed by atoms with E-state index in [-0.39, 0.29) is 5.75 Å². The van der Waals surface area contributed by atoms with Gasteiger partial charge in [-0.2, -0.15) is 0 Å². The number of hydrogen-bond acceptors (Lipinski definition) is 2. The van der Waals surface area contributed by atoms with E-state index in [0.717, 1.165) is 27.6 Å². The highest BCUT2D eigenvalue weighted by molar-refractivity contribution is 9.10. The third kappa shape index (κ3) is 7.06. The van der Waals surface area contributed by atoms with E-state index in [9.17, 15) is 10.2 Å². The zero-order chi connectivity index (χ0) is 18.3. The summed E-state index contributed by atoms with van der Waals surface area (Å²) in [7, 11) is 0. The van der Waals surface area contributed by atoms with Crippen LogP contribution in [0, 0.1) is 0 Å². The lowest BCUT2D eigenvalue weighted by atomic mass is 9.97. The van der Waals surface area contributed by atoms with Crippen LogP contribution in [0.1, 0.15) is 52.2 Å². The van der Waals surface area contributed by atoms with Crippen molar-refractivity contribution in [3.63, 3.8) is 0 Å². The molecule has 1 aromatic carbocycles. The quantitative estimate of drug-likeness (QED) is 0.569. The summed E-state index contributed by atoms with van der Waals surface area (Å²) >= 11 is 3.50. The number of aromatic hydroxyl groups is 1. The molecule has 2 nitrogen and oxygen atoms in total. The van der Waals surface area contributed by atoms with Crippen LogP contribution in [0.3, 0.4) is 0 Å². The Morgan fingerprint density at radius 3 is 2.17 bits per heavy atom. The number of aliphatic hydroxyl groups excluding tert-OH is 1. The molecule has 0 aliphatic rings. The van der Waals surface area contributed by atoms with Gasteiger partial charge in [-0.05, 0) is 76.3 Å². The van der Waals surface area contributed by atoms with E-state index in [1.54, 1.807) is 0 Å². The Morgan fingerprint density at radius 2 is 1.58 bits per heavy atom. The lowest BCUT2D eigenvalue weighted by Gasteiger charge is -2.15. The van der Waals surface area contributed by atoms with E-state index >= 15 is 0 Å². The number of rotatable bonds is 7. The molecule has 0 amide bonds. The molecule has 132 valence electrons. The van der Waals surface area contributed by atoms with E-state index in [1.807, 2.05) is 39.0 Å². The van der Waals surface area contributed by atoms with Crippen LogP contribution >= 0.6 is 15.9 Å². The molecule has 0 saturated heterocycles. The van der Waals surface area contributed by atoms with Crippen LogP contribution in [0.5, 0.6) is 5.75 Å². The molecule has 3 heteroatoms. The minimum absolute atomic E-state index is 0.284. The third-order valence-electron chi connectivity index (χ3n) is 3.87. The van der Waals surface area contributed by atoms with Crippen molar-refractivity contribution in [2.75, 3.05) is 0 Å². The predicted molar refractivity (Wildman–Crippen MR) is 106 cm³/mol. The molecule has 0 aliphatic heterocycles.